The zero-order chi connectivity index (χ0) is 12.0. The van der Waals surface area contributed by atoms with Crippen LogP contribution in [0.3, 0.4) is 0 Å². The molecule has 16 heavy (non-hydrogen) atoms. The van der Waals surface area contributed by atoms with Gasteiger partial charge in [0.1, 0.15) is 6.61 Å². The van der Waals surface area contributed by atoms with E-state index in [9.17, 15) is 4.79 Å². The maximum absolute atomic E-state index is 10.8. The molecule has 0 heterocycles. The molecule has 2 N–H and O–H groups in total. The highest BCUT2D eigenvalue weighted by molar-refractivity contribution is 5.88. The Bertz CT molecular complexity index is 365. The van der Waals surface area contributed by atoms with Gasteiger partial charge in [-0.3, -0.25) is 0 Å². The van der Waals surface area contributed by atoms with Crippen LogP contribution in [0.5, 0.6) is 11.5 Å². The lowest BCUT2D eigenvalue weighted by Crippen LogP contribution is -2.16. The van der Waals surface area contributed by atoms with Gasteiger partial charge in [0, 0.05) is 6.54 Å². The molecule has 0 aliphatic rings. The number of ether oxygens (including phenoxy) is 2. The summed E-state index contributed by atoms with van der Waals surface area (Å²) in [4.78, 5) is 10.8. The van der Waals surface area contributed by atoms with E-state index < -0.39 is 5.97 Å². The van der Waals surface area contributed by atoms with E-state index in [0.29, 0.717) is 24.7 Å². The molecule has 0 spiro atoms. The quantitative estimate of drug-likeness (QED) is 0.707. The number of nitrogens with one attached hydrogen (secondary N) is 1. The predicted molar refractivity (Wildman–Crippen MR) is 59.4 cm³/mol. The van der Waals surface area contributed by atoms with E-state index in [1.807, 2.05) is 7.05 Å². The van der Waals surface area contributed by atoms with Crippen LogP contribution in [0.1, 0.15) is 10.4 Å². The van der Waals surface area contributed by atoms with Crippen LogP contribution in [-0.4, -0.2) is 38.4 Å². The molecular weight excluding hydrogens is 210 g/mol. The van der Waals surface area contributed by atoms with Crippen molar-refractivity contribution in [1.82, 2.24) is 5.32 Å². The van der Waals surface area contributed by atoms with Crippen LogP contribution in [0.2, 0.25) is 0 Å². The van der Waals surface area contributed by atoms with Crippen molar-refractivity contribution < 1.29 is 19.4 Å². The minimum absolute atomic E-state index is 0.181. The molecule has 0 saturated carbocycles. The fraction of sp³-hybridized carbons (Fsp3) is 0.364. The van der Waals surface area contributed by atoms with Gasteiger partial charge in [0.15, 0.2) is 11.5 Å². The van der Waals surface area contributed by atoms with Gasteiger partial charge in [-0.15, -0.1) is 0 Å². The van der Waals surface area contributed by atoms with Gasteiger partial charge >= 0.3 is 5.97 Å². The molecule has 5 heteroatoms. The highest BCUT2D eigenvalue weighted by Crippen LogP contribution is 2.27. The third-order valence-electron chi connectivity index (χ3n) is 2.02. The van der Waals surface area contributed by atoms with E-state index >= 15 is 0 Å². The maximum atomic E-state index is 10.8. The van der Waals surface area contributed by atoms with Crippen molar-refractivity contribution in [2.75, 3.05) is 27.3 Å². The molecule has 0 bridgehead atoms. The topological polar surface area (TPSA) is 67.8 Å². The number of hydrogen-bond acceptors (Lipinski definition) is 4. The van der Waals surface area contributed by atoms with Crippen LogP contribution in [0, 0.1) is 0 Å². The van der Waals surface area contributed by atoms with Gasteiger partial charge in [0.2, 0.25) is 0 Å². The Labute approximate surface area is 94.0 Å². The molecule has 0 unspecified atom stereocenters. The number of rotatable bonds is 6. The zero-order valence-corrected chi connectivity index (χ0v) is 9.32. The van der Waals surface area contributed by atoms with Crippen molar-refractivity contribution in [3.8, 4) is 11.5 Å². The third kappa shape index (κ3) is 3.13. The van der Waals surface area contributed by atoms with Gasteiger partial charge in [-0.1, -0.05) is 0 Å². The Morgan fingerprint density at radius 1 is 1.44 bits per heavy atom. The van der Waals surface area contributed by atoms with Crippen molar-refractivity contribution in [2.24, 2.45) is 0 Å². The molecule has 1 aromatic rings. The largest absolute Gasteiger partial charge is 0.493 e. The van der Waals surface area contributed by atoms with Gasteiger partial charge in [0.05, 0.1) is 12.7 Å². The summed E-state index contributed by atoms with van der Waals surface area (Å²) >= 11 is 0. The van der Waals surface area contributed by atoms with Crippen LogP contribution < -0.4 is 14.8 Å². The van der Waals surface area contributed by atoms with Crippen molar-refractivity contribution >= 4 is 5.97 Å². The average Bonchev–Trinajstić information content (AvgIpc) is 2.29. The average molecular weight is 225 g/mol. The number of aromatic carboxylic acids is 1. The molecule has 0 fully saturated rings. The van der Waals surface area contributed by atoms with Crippen LogP contribution in [0.15, 0.2) is 18.2 Å². The van der Waals surface area contributed by atoms with E-state index in [2.05, 4.69) is 5.32 Å². The first kappa shape index (κ1) is 12.3. The lowest BCUT2D eigenvalue weighted by Gasteiger charge is -2.10. The Kier molecular flexibility index (Phi) is 4.60. The lowest BCUT2D eigenvalue weighted by atomic mass is 10.2. The molecule has 0 saturated heterocycles. The second kappa shape index (κ2) is 5.97. The minimum Gasteiger partial charge on any atom is -0.493 e. The second-order valence-corrected chi connectivity index (χ2v) is 3.12. The SMILES string of the molecule is CNCCOc1cc(C(=O)O)ccc1OC. The van der Waals surface area contributed by atoms with Gasteiger partial charge < -0.3 is 19.9 Å². The first-order chi connectivity index (χ1) is 7.69. The fourth-order valence-corrected chi connectivity index (χ4v) is 1.19. The van der Waals surface area contributed by atoms with Crippen molar-refractivity contribution in [3.05, 3.63) is 23.8 Å². The minimum atomic E-state index is -0.985. The van der Waals surface area contributed by atoms with Crippen molar-refractivity contribution in [2.45, 2.75) is 0 Å². The normalized spacial score (nSPS) is 9.88. The van der Waals surface area contributed by atoms with Crippen LogP contribution in [0.25, 0.3) is 0 Å². The number of carboxylic acids is 1. The highest BCUT2D eigenvalue weighted by atomic mass is 16.5. The molecule has 88 valence electrons. The van der Waals surface area contributed by atoms with Gasteiger partial charge in [-0.2, -0.15) is 0 Å². The molecule has 1 aromatic carbocycles. The number of methoxy groups -OCH3 is 1. The zero-order valence-electron chi connectivity index (χ0n) is 9.32. The Balaban J connectivity index is 2.84. The summed E-state index contributed by atoms with van der Waals surface area (Å²) in [7, 11) is 3.33. The molecule has 0 radical (unpaired) electrons. The van der Waals surface area contributed by atoms with E-state index in [-0.39, 0.29) is 5.56 Å². The second-order valence-electron chi connectivity index (χ2n) is 3.12. The summed E-state index contributed by atoms with van der Waals surface area (Å²) in [5.74, 6) is -0.0140. The molecule has 0 atom stereocenters. The summed E-state index contributed by atoms with van der Waals surface area (Å²) in [6.07, 6.45) is 0. The highest BCUT2D eigenvalue weighted by Gasteiger charge is 2.09. The maximum Gasteiger partial charge on any atom is 0.335 e. The summed E-state index contributed by atoms with van der Waals surface area (Å²) in [6.45, 7) is 1.14. The van der Waals surface area contributed by atoms with E-state index in [4.69, 9.17) is 14.6 Å². The van der Waals surface area contributed by atoms with Crippen LogP contribution >= 0.6 is 0 Å². The molecule has 0 aromatic heterocycles. The number of carboxylic acid groups (broad SMARTS) is 1. The lowest BCUT2D eigenvalue weighted by molar-refractivity contribution is 0.0696. The molecular formula is C11H15NO4. The summed E-state index contributed by atoms with van der Waals surface area (Å²) in [5.41, 5.74) is 0.181. The summed E-state index contributed by atoms with van der Waals surface area (Å²) in [6, 6.07) is 4.51. The summed E-state index contributed by atoms with van der Waals surface area (Å²) < 4.78 is 10.5. The summed E-state index contributed by atoms with van der Waals surface area (Å²) in [5, 5.41) is 11.8. The van der Waals surface area contributed by atoms with E-state index in [0.717, 1.165) is 0 Å². The predicted octanol–water partition coefficient (Wildman–Crippen LogP) is 0.992. The van der Waals surface area contributed by atoms with Gasteiger partial charge in [-0.25, -0.2) is 4.79 Å². The fourth-order valence-electron chi connectivity index (χ4n) is 1.19. The molecule has 5 nitrogen and oxygen atoms in total. The van der Waals surface area contributed by atoms with E-state index in [1.165, 1.54) is 19.2 Å². The van der Waals surface area contributed by atoms with Crippen LogP contribution in [0.4, 0.5) is 0 Å². The first-order valence-corrected chi connectivity index (χ1v) is 4.87. The van der Waals surface area contributed by atoms with E-state index in [1.54, 1.807) is 6.07 Å². The van der Waals surface area contributed by atoms with Crippen LogP contribution in [-0.2, 0) is 0 Å². The Hall–Kier alpha value is -1.75. The van der Waals surface area contributed by atoms with Gasteiger partial charge in [-0.05, 0) is 25.2 Å². The molecule has 0 amide bonds. The monoisotopic (exact) mass is 225 g/mol. The number of carbonyl (C=O) groups is 1. The smallest absolute Gasteiger partial charge is 0.335 e. The third-order valence-corrected chi connectivity index (χ3v) is 2.02. The van der Waals surface area contributed by atoms with Crippen molar-refractivity contribution in [1.29, 1.82) is 0 Å². The number of benzene rings is 1. The first-order valence-electron chi connectivity index (χ1n) is 4.87. The molecule has 1 rings (SSSR count). The molecule has 0 aliphatic heterocycles. The molecule has 0 aliphatic carbocycles. The van der Waals surface area contributed by atoms with Gasteiger partial charge in [0.25, 0.3) is 0 Å². The number of hydrogen-bond donors (Lipinski definition) is 2. The Morgan fingerprint density at radius 3 is 2.75 bits per heavy atom. The number of likely N-dealkylation sites (N-methyl/N-ethyl adjacent to an activating group) is 1. The Morgan fingerprint density at radius 2 is 2.19 bits per heavy atom. The standard InChI is InChI=1S/C11H15NO4/c1-12-5-6-16-10-7-8(11(13)14)3-4-9(10)15-2/h3-4,7,12H,5-6H2,1-2H3,(H,13,14). The van der Waals surface area contributed by atoms with Crippen molar-refractivity contribution in [3.63, 3.8) is 0 Å².